The number of ether oxygens (including phenoxy) is 1. The first kappa shape index (κ1) is 44.1. The molecule has 0 spiro atoms. The molecule has 9 heteroatoms. The average Bonchev–Trinajstić information content (AvgIpc) is 3.81. The van der Waals surface area contributed by atoms with Crippen molar-refractivity contribution < 1.29 is 29.0 Å². The summed E-state index contributed by atoms with van der Waals surface area (Å²) in [7, 11) is 0. The molecule has 61 heavy (non-hydrogen) atoms. The van der Waals surface area contributed by atoms with E-state index < -0.39 is 17.3 Å². The summed E-state index contributed by atoms with van der Waals surface area (Å²) in [5.74, 6) is 1.23. The van der Waals surface area contributed by atoms with Crippen molar-refractivity contribution in [1.82, 2.24) is 15.1 Å². The molecule has 9 nitrogen and oxygen atoms in total. The fraction of sp³-hybridized carbons (Fsp3) is 0.923. The van der Waals surface area contributed by atoms with Gasteiger partial charge in [0.05, 0.1) is 17.3 Å². The van der Waals surface area contributed by atoms with Crippen LogP contribution < -0.4 is 5.32 Å². The van der Waals surface area contributed by atoms with Crippen LogP contribution in [0.5, 0.6) is 0 Å². The second-order valence-corrected chi connectivity index (χ2v) is 25.8. The standard InChI is InChI=1S/C52H83N3O6/c1-12-54-25-27-55(28-26-54)41(56)33-30-38(46(33,4)5)53-44(60)52-20-15-31(48(8)21-22-48)40(52)32-13-14-37-49(9)18-17-39(61-43(59)35-29-34(42(57)58)45(35,2)3)47(6,7)36(49)16-19-51(37,11)50(32,10)23-24-52/h31-40H,12-30H2,1-11H3,(H,53,60)(H,57,58)/t31-,32-,33-,34+,35-,36+,37-,38-,39+,40-,49+,50-,51-,52+/m1/s1. The predicted molar refractivity (Wildman–Crippen MR) is 237 cm³/mol. The van der Waals surface area contributed by atoms with Crippen molar-refractivity contribution in [3.63, 3.8) is 0 Å². The van der Waals surface area contributed by atoms with Crippen molar-refractivity contribution in [1.29, 1.82) is 0 Å². The van der Waals surface area contributed by atoms with Gasteiger partial charge in [0.15, 0.2) is 0 Å². The van der Waals surface area contributed by atoms with Gasteiger partial charge < -0.3 is 25.0 Å². The summed E-state index contributed by atoms with van der Waals surface area (Å²) in [4.78, 5) is 59.2. The van der Waals surface area contributed by atoms with Crippen molar-refractivity contribution in [2.45, 2.75) is 178 Å². The van der Waals surface area contributed by atoms with E-state index in [0.717, 1.165) is 77.7 Å². The van der Waals surface area contributed by atoms with E-state index in [1.807, 2.05) is 13.8 Å². The number of nitrogens with zero attached hydrogens (tertiary/aromatic N) is 2. The van der Waals surface area contributed by atoms with Gasteiger partial charge in [-0.3, -0.25) is 19.2 Å². The van der Waals surface area contributed by atoms with E-state index in [0.29, 0.717) is 47.3 Å². The number of amides is 2. The summed E-state index contributed by atoms with van der Waals surface area (Å²) >= 11 is 0. The maximum atomic E-state index is 15.3. The van der Waals surface area contributed by atoms with Crippen LogP contribution in [0.15, 0.2) is 0 Å². The Hall–Kier alpha value is -2.16. The number of carbonyl (C=O) groups excluding carboxylic acids is 3. The van der Waals surface area contributed by atoms with Crippen LogP contribution in [0.1, 0.15) is 166 Å². The summed E-state index contributed by atoms with van der Waals surface area (Å²) in [6.07, 6.45) is 14.4. The molecule has 8 saturated carbocycles. The molecule has 2 N–H and O–H groups in total. The third kappa shape index (κ3) is 6.11. The minimum atomic E-state index is -0.814. The lowest BCUT2D eigenvalue weighted by Gasteiger charge is -2.73. The lowest BCUT2D eigenvalue weighted by Crippen LogP contribution is -2.69. The molecule has 0 aromatic carbocycles. The number of hydrogen-bond donors (Lipinski definition) is 2. The van der Waals surface area contributed by atoms with Crippen molar-refractivity contribution in [3.05, 3.63) is 0 Å². The van der Waals surface area contributed by atoms with Crippen LogP contribution in [0.3, 0.4) is 0 Å². The first-order valence-corrected chi connectivity index (χ1v) is 25.2. The minimum absolute atomic E-state index is 0.0316. The van der Waals surface area contributed by atoms with Crippen LogP contribution in [0, 0.1) is 90.7 Å². The molecule has 1 aliphatic heterocycles. The van der Waals surface area contributed by atoms with Gasteiger partial charge in [0.2, 0.25) is 11.8 Å². The molecule has 9 rings (SSSR count). The highest BCUT2D eigenvalue weighted by Crippen LogP contribution is 2.79. The summed E-state index contributed by atoms with van der Waals surface area (Å²) in [5.41, 5.74) is -0.561. The number of piperazine rings is 1. The molecule has 0 radical (unpaired) electrons. The number of carboxylic acids is 1. The number of hydrogen-bond acceptors (Lipinski definition) is 6. The molecule has 0 aromatic rings. The lowest BCUT2D eigenvalue weighted by atomic mass is 9.32. The fourth-order valence-electron chi connectivity index (χ4n) is 17.9. The normalized spacial score (nSPS) is 47.5. The highest BCUT2D eigenvalue weighted by molar-refractivity contribution is 5.86. The lowest BCUT2D eigenvalue weighted by molar-refractivity contribution is -0.252. The quantitative estimate of drug-likeness (QED) is 0.234. The Bertz CT molecular complexity index is 1810. The fourth-order valence-corrected chi connectivity index (χ4v) is 17.9. The Balaban J connectivity index is 0.924. The highest BCUT2D eigenvalue weighted by Gasteiger charge is 2.74. The van der Waals surface area contributed by atoms with E-state index in [1.54, 1.807) is 0 Å². The van der Waals surface area contributed by atoms with E-state index >= 15 is 4.79 Å². The molecular formula is C52H83N3O6. The van der Waals surface area contributed by atoms with Crippen LogP contribution in [0.25, 0.3) is 0 Å². The predicted octanol–water partition coefficient (Wildman–Crippen LogP) is 9.22. The minimum Gasteiger partial charge on any atom is -0.481 e. The highest BCUT2D eigenvalue weighted by atomic mass is 16.5. The second-order valence-electron chi connectivity index (χ2n) is 25.8. The van der Waals surface area contributed by atoms with Gasteiger partial charge in [-0.15, -0.1) is 0 Å². The number of fused-ring (bicyclic) bond motifs is 7. The maximum absolute atomic E-state index is 15.3. The van der Waals surface area contributed by atoms with Gasteiger partial charge in [-0.25, -0.2) is 0 Å². The van der Waals surface area contributed by atoms with Crippen molar-refractivity contribution >= 4 is 23.8 Å². The first-order chi connectivity index (χ1) is 28.4. The molecule has 0 unspecified atom stereocenters. The van der Waals surface area contributed by atoms with Crippen molar-refractivity contribution in [2.24, 2.45) is 90.7 Å². The molecule has 8 aliphatic carbocycles. The zero-order valence-electron chi connectivity index (χ0n) is 40.1. The van der Waals surface area contributed by atoms with Gasteiger partial charge >= 0.3 is 11.9 Å². The van der Waals surface area contributed by atoms with E-state index in [9.17, 15) is 19.5 Å². The first-order valence-electron chi connectivity index (χ1n) is 25.2. The van der Waals surface area contributed by atoms with Crippen LogP contribution >= 0.6 is 0 Å². The van der Waals surface area contributed by atoms with E-state index in [1.165, 1.54) is 38.5 Å². The summed E-state index contributed by atoms with van der Waals surface area (Å²) in [6.45, 7) is 30.2. The Morgan fingerprint density at radius 3 is 1.93 bits per heavy atom. The number of esters is 1. The maximum Gasteiger partial charge on any atom is 0.309 e. The summed E-state index contributed by atoms with van der Waals surface area (Å²) < 4.78 is 6.48. The van der Waals surface area contributed by atoms with E-state index in [-0.39, 0.29) is 68.3 Å². The third-order valence-electron chi connectivity index (χ3n) is 22.9. The number of likely N-dealkylation sites (N-methyl/N-ethyl adjacent to an activating group) is 1. The zero-order chi connectivity index (χ0) is 44.1. The van der Waals surface area contributed by atoms with Gasteiger partial charge in [-0.1, -0.05) is 76.2 Å². The second kappa shape index (κ2) is 14.2. The van der Waals surface area contributed by atoms with Crippen molar-refractivity contribution in [2.75, 3.05) is 32.7 Å². The summed E-state index contributed by atoms with van der Waals surface area (Å²) in [6, 6.07) is 0.0351. The van der Waals surface area contributed by atoms with E-state index in [2.05, 4.69) is 77.4 Å². The van der Waals surface area contributed by atoms with Crippen LogP contribution in [-0.2, 0) is 23.9 Å². The van der Waals surface area contributed by atoms with Gasteiger partial charge in [-0.2, -0.15) is 0 Å². The van der Waals surface area contributed by atoms with E-state index in [4.69, 9.17) is 4.74 Å². The molecule has 9 aliphatic rings. The van der Waals surface area contributed by atoms with Crippen LogP contribution in [0.4, 0.5) is 0 Å². The molecule has 342 valence electrons. The molecule has 1 heterocycles. The van der Waals surface area contributed by atoms with Gasteiger partial charge in [0.1, 0.15) is 6.10 Å². The van der Waals surface area contributed by atoms with Gasteiger partial charge in [0, 0.05) is 43.6 Å². The molecule has 1 saturated heterocycles. The number of carboxylic acid groups (broad SMARTS) is 1. The Labute approximate surface area is 368 Å². The molecule has 9 fully saturated rings. The number of rotatable bonds is 8. The number of aliphatic carboxylic acids is 1. The Morgan fingerprint density at radius 2 is 1.33 bits per heavy atom. The van der Waals surface area contributed by atoms with Gasteiger partial charge in [0.25, 0.3) is 0 Å². The molecule has 14 atom stereocenters. The smallest absolute Gasteiger partial charge is 0.309 e. The molecule has 2 amide bonds. The molecule has 0 bridgehead atoms. The van der Waals surface area contributed by atoms with Crippen LogP contribution in [0.2, 0.25) is 0 Å². The third-order valence-corrected chi connectivity index (χ3v) is 22.9. The Morgan fingerprint density at radius 1 is 0.639 bits per heavy atom. The monoisotopic (exact) mass is 846 g/mol. The zero-order valence-corrected chi connectivity index (χ0v) is 40.1. The molecule has 0 aromatic heterocycles. The number of carbonyl (C=O) groups is 4. The SMILES string of the molecule is CCN1CCN(C(=O)[C@H]2C[C@@H](NC(=O)[C@]34CC[C@@H](C5(C)CC5)[C@@H]3[C@H]3CC[C@@H]5[C@@]6(C)CC[C@H](OC(=O)[C@H]7C[C@@H](C(=O)O)C7(C)C)C(C)(C)[C@@H]6CC[C@@]5(C)[C@]3(C)CC4)C2(C)C)CC1. The average molecular weight is 846 g/mol. The molecular weight excluding hydrogens is 763 g/mol. The van der Waals surface area contributed by atoms with Crippen LogP contribution in [-0.4, -0.2) is 83.5 Å². The largest absolute Gasteiger partial charge is 0.481 e. The summed E-state index contributed by atoms with van der Waals surface area (Å²) in [5, 5.41) is 13.4. The van der Waals surface area contributed by atoms with Gasteiger partial charge in [-0.05, 0) is 159 Å². The number of nitrogens with one attached hydrogen (secondary N) is 1. The van der Waals surface area contributed by atoms with Crippen molar-refractivity contribution in [3.8, 4) is 0 Å². The topological polar surface area (TPSA) is 116 Å². The Kier molecular flexibility index (Phi) is 10.2.